The summed E-state index contributed by atoms with van der Waals surface area (Å²) in [6, 6.07) is 2.53. The van der Waals surface area contributed by atoms with Gasteiger partial charge < -0.3 is 4.74 Å². The van der Waals surface area contributed by atoms with Gasteiger partial charge in [-0.15, -0.1) is 0 Å². The van der Waals surface area contributed by atoms with Gasteiger partial charge in [0, 0.05) is 17.2 Å². The van der Waals surface area contributed by atoms with Gasteiger partial charge in [0.1, 0.15) is 11.6 Å². The Hall–Kier alpha value is -1.88. The van der Waals surface area contributed by atoms with Crippen molar-refractivity contribution in [2.45, 2.75) is 58.5 Å². The largest absolute Gasteiger partial charge is 0.489 e. The molecular weight excluding hydrogens is 369 g/mol. The Bertz CT molecular complexity index is 850. The average Bonchev–Trinajstić information content (AvgIpc) is 3.13. The van der Waals surface area contributed by atoms with E-state index in [2.05, 4.69) is 6.92 Å². The summed E-state index contributed by atoms with van der Waals surface area (Å²) in [5.41, 5.74) is 0.991. The minimum Gasteiger partial charge on any atom is -0.489 e. The molecule has 4 nitrogen and oxygen atoms in total. The molecule has 6 heteroatoms. The number of anilines is 1. The summed E-state index contributed by atoms with van der Waals surface area (Å²) >= 11 is 6.18. The van der Waals surface area contributed by atoms with Gasteiger partial charge in [-0.25, -0.2) is 9.29 Å². The number of amides is 2. The summed E-state index contributed by atoms with van der Waals surface area (Å²) in [6.07, 6.45) is 5.23. The van der Waals surface area contributed by atoms with Crippen molar-refractivity contribution in [2.75, 3.05) is 4.90 Å². The lowest BCUT2D eigenvalue weighted by molar-refractivity contribution is -0.120. The molecule has 27 heavy (non-hydrogen) atoms. The third kappa shape index (κ3) is 3.16. The van der Waals surface area contributed by atoms with E-state index in [1.165, 1.54) is 6.07 Å². The van der Waals surface area contributed by atoms with Gasteiger partial charge in [-0.05, 0) is 56.4 Å². The number of hydrogen-bond acceptors (Lipinski definition) is 3. The van der Waals surface area contributed by atoms with Crippen LogP contribution < -0.4 is 9.64 Å². The van der Waals surface area contributed by atoms with Crippen molar-refractivity contribution in [1.29, 1.82) is 0 Å². The summed E-state index contributed by atoms with van der Waals surface area (Å²) in [5.74, 6) is -0.604. The Labute approximate surface area is 163 Å². The zero-order valence-electron chi connectivity index (χ0n) is 15.6. The number of carbonyl (C=O) groups is 2. The Kier molecular flexibility index (Phi) is 4.75. The van der Waals surface area contributed by atoms with Crippen LogP contribution in [0.2, 0.25) is 5.02 Å². The van der Waals surface area contributed by atoms with Gasteiger partial charge in [0.2, 0.25) is 0 Å². The third-order valence-electron chi connectivity index (χ3n) is 5.96. The molecule has 3 unspecified atom stereocenters. The highest BCUT2D eigenvalue weighted by Crippen LogP contribution is 2.42. The molecule has 0 aromatic heterocycles. The van der Waals surface area contributed by atoms with Crippen molar-refractivity contribution in [3.8, 4) is 5.75 Å². The zero-order valence-corrected chi connectivity index (χ0v) is 16.3. The molecule has 4 rings (SSSR count). The molecule has 1 fully saturated rings. The van der Waals surface area contributed by atoms with Crippen LogP contribution in [0, 0.1) is 17.7 Å². The SMILES string of the molecule is CC1CCC(Oc2cc(N3C(=O)C4=C(C3=O)C(C)CCC4)c(F)cc2Cl)C1. The van der Waals surface area contributed by atoms with Crippen molar-refractivity contribution >= 4 is 29.1 Å². The number of nitrogens with zero attached hydrogens (tertiary/aromatic N) is 1. The van der Waals surface area contributed by atoms with Crippen LogP contribution in [0.4, 0.5) is 10.1 Å². The van der Waals surface area contributed by atoms with E-state index in [4.69, 9.17) is 16.3 Å². The Morgan fingerprint density at radius 1 is 1.15 bits per heavy atom. The van der Waals surface area contributed by atoms with Crippen LogP contribution in [0.1, 0.15) is 52.4 Å². The predicted molar refractivity (Wildman–Crippen MR) is 101 cm³/mol. The number of halogens is 2. The smallest absolute Gasteiger partial charge is 0.262 e. The Morgan fingerprint density at radius 3 is 2.59 bits per heavy atom. The van der Waals surface area contributed by atoms with Crippen molar-refractivity contribution in [1.82, 2.24) is 0 Å². The average molecular weight is 392 g/mol. The van der Waals surface area contributed by atoms with Crippen LogP contribution in [-0.2, 0) is 9.59 Å². The van der Waals surface area contributed by atoms with Gasteiger partial charge in [0.05, 0.1) is 16.8 Å². The fraction of sp³-hybridized carbons (Fsp3) is 0.524. The number of imide groups is 1. The van der Waals surface area contributed by atoms with E-state index < -0.39 is 17.6 Å². The van der Waals surface area contributed by atoms with Crippen molar-refractivity contribution in [2.24, 2.45) is 11.8 Å². The zero-order chi connectivity index (χ0) is 19.3. The molecule has 1 heterocycles. The minimum atomic E-state index is -0.693. The van der Waals surface area contributed by atoms with E-state index in [0.717, 1.165) is 43.1 Å². The lowest BCUT2D eigenvalue weighted by atomic mass is 9.85. The lowest BCUT2D eigenvalue weighted by Crippen LogP contribution is -2.33. The number of carbonyl (C=O) groups excluding carboxylic acids is 2. The number of benzene rings is 1. The minimum absolute atomic E-state index is 0.0151. The van der Waals surface area contributed by atoms with Crippen LogP contribution in [-0.4, -0.2) is 17.9 Å². The van der Waals surface area contributed by atoms with Crippen LogP contribution in [0.25, 0.3) is 0 Å². The molecule has 1 aliphatic heterocycles. The first-order valence-electron chi connectivity index (χ1n) is 9.64. The summed E-state index contributed by atoms with van der Waals surface area (Å²) in [6.45, 7) is 4.11. The molecule has 2 aliphatic carbocycles. The van der Waals surface area contributed by atoms with Gasteiger partial charge in [-0.3, -0.25) is 9.59 Å². The Balaban J connectivity index is 1.67. The van der Waals surface area contributed by atoms with Gasteiger partial charge in [-0.1, -0.05) is 25.4 Å². The lowest BCUT2D eigenvalue weighted by Gasteiger charge is -2.20. The third-order valence-corrected chi connectivity index (χ3v) is 6.25. The maximum absolute atomic E-state index is 14.7. The monoisotopic (exact) mass is 391 g/mol. The van der Waals surface area contributed by atoms with Gasteiger partial charge in [-0.2, -0.15) is 0 Å². The van der Waals surface area contributed by atoms with Gasteiger partial charge >= 0.3 is 0 Å². The first kappa shape index (κ1) is 18.5. The van der Waals surface area contributed by atoms with Crippen molar-refractivity contribution < 1.29 is 18.7 Å². The molecule has 0 spiro atoms. The highest BCUT2D eigenvalue weighted by atomic mass is 35.5. The van der Waals surface area contributed by atoms with Gasteiger partial charge in [0.15, 0.2) is 0 Å². The van der Waals surface area contributed by atoms with Crippen LogP contribution in [0.3, 0.4) is 0 Å². The molecule has 3 atom stereocenters. The van der Waals surface area contributed by atoms with E-state index in [1.807, 2.05) is 6.92 Å². The summed E-state index contributed by atoms with van der Waals surface area (Å²) in [5, 5.41) is 0.154. The Morgan fingerprint density at radius 2 is 1.93 bits per heavy atom. The maximum atomic E-state index is 14.7. The normalized spacial score (nSPS) is 28.1. The van der Waals surface area contributed by atoms with Crippen LogP contribution >= 0.6 is 11.6 Å². The van der Waals surface area contributed by atoms with E-state index in [9.17, 15) is 14.0 Å². The molecule has 1 aromatic rings. The highest BCUT2D eigenvalue weighted by Gasteiger charge is 2.43. The van der Waals surface area contributed by atoms with Crippen molar-refractivity contribution in [3.63, 3.8) is 0 Å². The molecule has 0 bridgehead atoms. The maximum Gasteiger partial charge on any atom is 0.262 e. The van der Waals surface area contributed by atoms with Crippen LogP contribution in [0.15, 0.2) is 23.3 Å². The summed E-state index contributed by atoms with van der Waals surface area (Å²) in [7, 11) is 0. The summed E-state index contributed by atoms with van der Waals surface area (Å²) < 4.78 is 20.7. The topological polar surface area (TPSA) is 46.6 Å². The first-order chi connectivity index (χ1) is 12.9. The second-order valence-electron chi connectivity index (χ2n) is 8.02. The highest BCUT2D eigenvalue weighted by molar-refractivity contribution is 6.34. The molecule has 1 saturated carbocycles. The fourth-order valence-corrected chi connectivity index (χ4v) is 4.71. The molecule has 0 radical (unpaired) electrons. The molecule has 1 aromatic carbocycles. The van der Waals surface area contributed by atoms with E-state index in [1.54, 1.807) is 0 Å². The van der Waals surface area contributed by atoms with E-state index >= 15 is 0 Å². The number of ether oxygens (including phenoxy) is 1. The molecule has 2 amide bonds. The van der Waals surface area contributed by atoms with E-state index in [-0.39, 0.29) is 22.7 Å². The molecule has 0 N–H and O–H groups in total. The fourth-order valence-electron chi connectivity index (χ4n) is 4.51. The van der Waals surface area contributed by atoms with Gasteiger partial charge in [0.25, 0.3) is 11.8 Å². The molecule has 0 saturated heterocycles. The molecule has 3 aliphatic rings. The second-order valence-corrected chi connectivity index (χ2v) is 8.43. The standard InChI is InChI=1S/C21H23ClFNO3/c1-11-6-7-13(8-11)27-18-10-17(16(23)9-15(18)22)24-20(25)14-5-3-4-12(2)19(14)21(24)26/h9-13H,3-8H2,1-2H3. The van der Waals surface area contributed by atoms with E-state index in [0.29, 0.717) is 29.2 Å². The molecular formula is C21H23ClFNO3. The van der Waals surface area contributed by atoms with Crippen molar-refractivity contribution in [3.05, 3.63) is 34.1 Å². The molecule has 144 valence electrons. The number of rotatable bonds is 3. The summed E-state index contributed by atoms with van der Waals surface area (Å²) in [4.78, 5) is 26.7. The quantitative estimate of drug-likeness (QED) is 0.678. The second kappa shape index (κ2) is 6.93. The van der Waals surface area contributed by atoms with Crippen LogP contribution in [0.5, 0.6) is 5.75 Å². The number of hydrogen-bond donors (Lipinski definition) is 0. The first-order valence-corrected chi connectivity index (χ1v) is 10.0. The predicted octanol–water partition coefficient (Wildman–Crippen LogP) is 5.04.